The molecule has 0 atom stereocenters. The highest BCUT2D eigenvalue weighted by Crippen LogP contribution is 2.29. The third-order valence-corrected chi connectivity index (χ3v) is 4.01. The van der Waals surface area contributed by atoms with Crippen molar-refractivity contribution in [2.45, 2.75) is 0 Å². The van der Waals surface area contributed by atoms with Gasteiger partial charge < -0.3 is 19.5 Å². The Hall–Kier alpha value is -3.54. The molecule has 0 aliphatic rings. The number of hydrogen-bond donors (Lipinski definition) is 1. The number of ether oxygens (including phenoxy) is 3. The van der Waals surface area contributed by atoms with Crippen molar-refractivity contribution in [1.82, 2.24) is 4.98 Å². The Morgan fingerprint density at radius 2 is 1.81 bits per heavy atom. The van der Waals surface area contributed by atoms with Crippen LogP contribution in [0.4, 0.5) is 5.69 Å². The summed E-state index contributed by atoms with van der Waals surface area (Å²) in [5.74, 6) is 1.61. The number of anilines is 1. The molecule has 0 bridgehead atoms. The Labute approximate surface area is 157 Å². The fourth-order valence-corrected chi connectivity index (χ4v) is 2.68. The van der Waals surface area contributed by atoms with E-state index in [0.29, 0.717) is 28.5 Å². The molecular weight excluding hydrogens is 344 g/mol. The summed E-state index contributed by atoms with van der Waals surface area (Å²) in [6.07, 6.45) is 4.84. The summed E-state index contributed by atoms with van der Waals surface area (Å²) in [5.41, 5.74) is 2.11. The van der Waals surface area contributed by atoms with Gasteiger partial charge in [0, 0.05) is 23.7 Å². The summed E-state index contributed by atoms with van der Waals surface area (Å²) in [6, 6.07) is 12.8. The number of nitrogens with zero attached hydrogens (tertiary/aromatic N) is 1. The normalized spacial score (nSPS) is 10.8. The van der Waals surface area contributed by atoms with E-state index in [-0.39, 0.29) is 5.91 Å². The number of amides is 1. The molecule has 0 saturated carbocycles. The topological polar surface area (TPSA) is 69.7 Å². The zero-order valence-electron chi connectivity index (χ0n) is 15.4. The molecule has 27 heavy (non-hydrogen) atoms. The third-order valence-electron chi connectivity index (χ3n) is 4.01. The maximum atomic E-state index is 12.4. The van der Waals surface area contributed by atoms with E-state index in [0.717, 1.165) is 10.9 Å². The van der Waals surface area contributed by atoms with Gasteiger partial charge in [-0.3, -0.25) is 9.78 Å². The van der Waals surface area contributed by atoms with Crippen LogP contribution in [0.5, 0.6) is 17.2 Å². The number of fused-ring (bicyclic) bond motifs is 1. The van der Waals surface area contributed by atoms with Gasteiger partial charge in [0.1, 0.15) is 5.75 Å². The van der Waals surface area contributed by atoms with Crippen molar-refractivity contribution in [2.24, 2.45) is 0 Å². The first kappa shape index (κ1) is 18.3. The quantitative estimate of drug-likeness (QED) is 0.672. The van der Waals surface area contributed by atoms with Gasteiger partial charge in [0.05, 0.1) is 32.5 Å². The number of hydrogen-bond acceptors (Lipinski definition) is 5. The monoisotopic (exact) mass is 364 g/mol. The number of carbonyl (C=O) groups is 1. The maximum Gasteiger partial charge on any atom is 0.248 e. The molecule has 0 unspecified atom stereocenters. The van der Waals surface area contributed by atoms with Gasteiger partial charge in [-0.15, -0.1) is 0 Å². The third kappa shape index (κ3) is 4.17. The van der Waals surface area contributed by atoms with Gasteiger partial charge in [-0.2, -0.15) is 0 Å². The van der Waals surface area contributed by atoms with Crippen molar-refractivity contribution in [3.63, 3.8) is 0 Å². The average Bonchev–Trinajstić information content (AvgIpc) is 2.71. The number of rotatable bonds is 6. The Morgan fingerprint density at radius 3 is 2.56 bits per heavy atom. The molecule has 0 saturated heterocycles. The summed E-state index contributed by atoms with van der Waals surface area (Å²) in [7, 11) is 4.73. The number of aromatic nitrogens is 1. The van der Waals surface area contributed by atoms with Gasteiger partial charge in [-0.05, 0) is 35.9 Å². The van der Waals surface area contributed by atoms with Crippen LogP contribution in [0.3, 0.4) is 0 Å². The van der Waals surface area contributed by atoms with Crippen molar-refractivity contribution in [3.8, 4) is 17.2 Å². The molecule has 1 amide bonds. The zero-order valence-corrected chi connectivity index (χ0v) is 15.4. The molecule has 0 fully saturated rings. The molecule has 0 aliphatic heterocycles. The van der Waals surface area contributed by atoms with Gasteiger partial charge in [-0.25, -0.2) is 0 Å². The van der Waals surface area contributed by atoms with Crippen molar-refractivity contribution >= 4 is 28.6 Å². The van der Waals surface area contributed by atoms with Crippen LogP contribution in [0.1, 0.15) is 5.56 Å². The van der Waals surface area contributed by atoms with E-state index < -0.39 is 0 Å². The Balaban J connectivity index is 1.82. The molecule has 0 spiro atoms. The number of nitrogens with one attached hydrogen (secondary N) is 1. The molecule has 2 aromatic carbocycles. The van der Waals surface area contributed by atoms with Crippen LogP contribution < -0.4 is 19.5 Å². The first-order valence-electron chi connectivity index (χ1n) is 8.28. The van der Waals surface area contributed by atoms with Crippen molar-refractivity contribution in [2.75, 3.05) is 26.6 Å². The molecule has 6 heteroatoms. The van der Waals surface area contributed by atoms with Crippen LogP contribution in [-0.4, -0.2) is 32.2 Å². The number of pyridine rings is 1. The SMILES string of the molecule is COc1cc(NC(=O)/C=C/c2ccc(OC)c(OC)c2)c2ncccc2c1. The van der Waals surface area contributed by atoms with E-state index >= 15 is 0 Å². The highest BCUT2D eigenvalue weighted by Gasteiger charge is 2.08. The highest BCUT2D eigenvalue weighted by molar-refractivity contribution is 6.07. The molecule has 1 heterocycles. The number of carbonyl (C=O) groups excluding carboxylic acids is 1. The molecule has 138 valence electrons. The summed E-state index contributed by atoms with van der Waals surface area (Å²) in [6.45, 7) is 0. The molecule has 0 radical (unpaired) electrons. The van der Waals surface area contributed by atoms with E-state index in [1.54, 1.807) is 51.8 Å². The number of methoxy groups -OCH3 is 3. The van der Waals surface area contributed by atoms with E-state index in [2.05, 4.69) is 10.3 Å². The Morgan fingerprint density at radius 1 is 1.00 bits per heavy atom. The Bertz CT molecular complexity index is 999. The molecule has 1 N–H and O–H groups in total. The molecule has 1 aromatic heterocycles. The molecule has 3 aromatic rings. The van der Waals surface area contributed by atoms with E-state index in [1.807, 2.05) is 24.3 Å². The van der Waals surface area contributed by atoms with E-state index in [4.69, 9.17) is 14.2 Å². The second-order valence-corrected chi connectivity index (χ2v) is 5.69. The lowest BCUT2D eigenvalue weighted by Gasteiger charge is -2.09. The first-order chi connectivity index (χ1) is 13.1. The summed E-state index contributed by atoms with van der Waals surface area (Å²) >= 11 is 0. The predicted molar refractivity (Wildman–Crippen MR) is 106 cm³/mol. The maximum absolute atomic E-state index is 12.4. The molecule has 3 rings (SSSR count). The van der Waals surface area contributed by atoms with Crippen LogP contribution in [0.2, 0.25) is 0 Å². The van der Waals surface area contributed by atoms with Crippen molar-refractivity contribution < 1.29 is 19.0 Å². The van der Waals surface area contributed by atoms with Gasteiger partial charge in [0.15, 0.2) is 11.5 Å². The first-order valence-corrected chi connectivity index (χ1v) is 8.28. The smallest absolute Gasteiger partial charge is 0.248 e. The second kappa shape index (κ2) is 8.23. The highest BCUT2D eigenvalue weighted by atomic mass is 16.5. The van der Waals surface area contributed by atoms with Gasteiger partial charge in [0.25, 0.3) is 0 Å². The summed E-state index contributed by atoms with van der Waals surface area (Å²) in [4.78, 5) is 16.7. The lowest BCUT2D eigenvalue weighted by Crippen LogP contribution is -2.08. The lowest BCUT2D eigenvalue weighted by molar-refractivity contribution is -0.111. The van der Waals surface area contributed by atoms with Crippen LogP contribution in [-0.2, 0) is 4.79 Å². The second-order valence-electron chi connectivity index (χ2n) is 5.69. The molecule has 0 aliphatic carbocycles. The fraction of sp³-hybridized carbons (Fsp3) is 0.143. The minimum atomic E-state index is -0.273. The lowest BCUT2D eigenvalue weighted by atomic mass is 10.1. The fourth-order valence-electron chi connectivity index (χ4n) is 2.68. The number of benzene rings is 2. The van der Waals surface area contributed by atoms with Crippen molar-refractivity contribution in [1.29, 1.82) is 0 Å². The molecular formula is C21H20N2O4. The summed E-state index contributed by atoms with van der Waals surface area (Å²) in [5, 5.41) is 3.74. The Kier molecular flexibility index (Phi) is 5.56. The van der Waals surface area contributed by atoms with Crippen LogP contribution in [0, 0.1) is 0 Å². The minimum absolute atomic E-state index is 0.273. The van der Waals surface area contributed by atoms with Gasteiger partial charge >= 0.3 is 0 Å². The van der Waals surface area contributed by atoms with E-state index in [9.17, 15) is 4.79 Å². The van der Waals surface area contributed by atoms with Crippen molar-refractivity contribution in [3.05, 3.63) is 60.3 Å². The van der Waals surface area contributed by atoms with E-state index in [1.165, 1.54) is 6.08 Å². The summed E-state index contributed by atoms with van der Waals surface area (Å²) < 4.78 is 15.8. The molecule has 6 nitrogen and oxygen atoms in total. The van der Waals surface area contributed by atoms with Gasteiger partial charge in [0.2, 0.25) is 5.91 Å². The zero-order chi connectivity index (χ0) is 19.2. The van der Waals surface area contributed by atoms with Crippen LogP contribution in [0.25, 0.3) is 17.0 Å². The average molecular weight is 364 g/mol. The van der Waals surface area contributed by atoms with Gasteiger partial charge in [-0.1, -0.05) is 12.1 Å². The largest absolute Gasteiger partial charge is 0.497 e. The van der Waals surface area contributed by atoms with Crippen LogP contribution in [0.15, 0.2) is 54.7 Å². The minimum Gasteiger partial charge on any atom is -0.497 e. The predicted octanol–water partition coefficient (Wildman–Crippen LogP) is 3.91. The standard InChI is InChI=1S/C21H20N2O4/c1-25-16-12-15-5-4-10-22-21(15)17(13-16)23-20(24)9-7-14-6-8-18(26-2)19(11-14)27-3/h4-13H,1-3H3,(H,23,24)/b9-7+. The van der Waals surface area contributed by atoms with Crippen LogP contribution >= 0.6 is 0 Å².